The summed E-state index contributed by atoms with van der Waals surface area (Å²) < 4.78 is 31.8. The van der Waals surface area contributed by atoms with E-state index < -0.39 is 24.3 Å². The predicted octanol–water partition coefficient (Wildman–Crippen LogP) is 2.38. The summed E-state index contributed by atoms with van der Waals surface area (Å²) >= 11 is 0. The Morgan fingerprint density at radius 2 is 1.96 bits per heavy atom. The number of anilines is 3. The molecule has 3 atom stereocenters. The molecule has 3 aliphatic heterocycles. The van der Waals surface area contributed by atoms with Gasteiger partial charge in [-0.05, 0) is 43.3 Å². The van der Waals surface area contributed by atoms with Crippen LogP contribution in [-0.4, -0.2) is 120 Å². The second-order valence-corrected chi connectivity index (χ2v) is 11.6. The third kappa shape index (κ3) is 6.81. The van der Waals surface area contributed by atoms with Gasteiger partial charge in [0.15, 0.2) is 6.17 Å². The molecule has 0 radical (unpaired) electrons. The molecule has 0 saturated carbocycles. The number of aliphatic hydroxyl groups excluding tert-OH is 1. The summed E-state index contributed by atoms with van der Waals surface area (Å²) in [5, 5.41) is 22.5. The van der Waals surface area contributed by atoms with E-state index in [4.69, 9.17) is 14.2 Å². The predicted molar refractivity (Wildman–Crippen MR) is 167 cm³/mol. The molecule has 1 amide bonds. The highest BCUT2D eigenvalue weighted by molar-refractivity contribution is 5.80. The molecule has 2 aromatic heterocycles. The van der Waals surface area contributed by atoms with E-state index in [-0.39, 0.29) is 30.8 Å². The molecule has 3 aliphatic rings. The number of piperidine rings is 1. The minimum Gasteiger partial charge on any atom is -0.486 e. The molecule has 46 heavy (non-hydrogen) atoms. The van der Waals surface area contributed by atoms with E-state index in [0.717, 1.165) is 45.1 Å². The van der Waals surface area contributed by atoms with E-state index in [0.29, 0.717) is 34.9 Å². The van der Waals surface area contributed by atoms with Crippen LogP contribution in [0, 0.1) is 11.3 Å². The Balaban J connectivity index is 1.11. The zero-order valence-electron chi connectivity index (χ0n) is 25.8. The number of alkyl halides is 1. The molecular formula is C32H37FN8O5. The van der Waals surface area contributed by atoms with Crippen LogP contribution >= 0.6 is 0 Å². The van der Waals surface area contributed by atoms with Gasteiger partial charge < -0.3 is 34.4 Å². The van der Waals surface area contributed by atoms with Crippen LogP contribution in [0.1, 0.15) is 18.9 Å². The average Bonchev–Trinajstić information content (AvgIpc) is 3.05. The van der Waals surface area contributed by atoms with Gasteiger partial charge in [0.25, 0.3) is 5.91 Å². The van der Waals surface area contributed by atoms with Gasteiger partial charge in [0, 0.05) is 50.9 Å². The van der Waals surface area contributed by atoms with E-state index in [9.17, 15) is 19.6 Å². The Morgan fingerprint density at radius 3 is 2.63 bits per heavy atom. The highest BCUT2D eigenvalue weighted by Crippen LogP contribution is 2.32. The minimum atomic E-state index is -1.46. The standard InChI is InChI=1S/C32H37FN8O5/c1-20(42)31(43)41-10-8-28(24(33)17-41)46-27-5-3-21(15-22(27)16-34)25-7-9-35-32(36-25)38-29-6-4-26(30(37-29)44-2)40-13-11-39(12-14-40)23-18-45-19-23/h3-7,9,15,20,23-24,28,42H,8,10-14,17-19H2,1-2H3,(H,35,36,37,38)/t20-,24-,28+/m0/s1. The summed E-state index contributed by atoms with van der Waals surface area (Å²) in [5.74, 6) is 1.07. The van der Waals surface area contributed by atoms with Gasteiger partial charge in [0.2, 0.25) is 11.8 Å². The molecule has 0 bridgehead atoms. The lowest BCUT2D eigenvalue weighted by atomic mass is 10.0. The van der Waals surface area contributed by atoms with Crippen LogP contribution < -0.4 is 19.7 Å². The smallest absolute Gasteiger partial charge is 0.251 e. The quantitative estimate of drug-likeness (QED) is 0.357. The van der Waals surface area contributed by atoms with Crippen LogP contribution in [0.5, 0.6) is 11.6 Å². The SMILES string of the molecule is COc1nc(Nc2nccc(-c3ccc(O[C@@H]4CCN(C(=O)[C@H](C)O)C[C@@H]4F)c(C#N)c3)n2)ccc1N1CCN(C2COC2)CC1. The molecule has 3 aromatic rings. The number of nitriles is 1. The lowest BCUT2D eigenvalue weighted by molar-refractivity contribution is -0.143. The summed E-state index contributed by atoms with van der Waals surface area (Å²) in [5.41, 5.74) is 2.37. The second kappa shape index (κ2) is 13.8. The zero-order chi connectivity index (χ0) is 32.2. The Hall–Kier alpha value is -4.58. The molecule has 242 valence electrons. The highest BCUT2D eigenvalue weighted by atomic mass is 19.1. The molecule has 6 rings (SSSR count). The number of hydrogen-bond acceptors (Lipinski definition) is 12. The molecule has 13 nitrogen and oxygen atoms in total. The number of rotatable bonds is 9. The summed E-state index contributed by atoms with van der Waals surface area (Å²) in [6.07, 6.45) is -1.63. The van der Waals surface area contributed by atoms with Crippen LogP contribution in [0.4, 0.5) is 21.8 Å². The molecule has 0 spiro atoms. The minimum absolute atomic E-state index is 0.178. The van der Waals surface area contributed by atoms with Crippen molar-refractivity contribution in [2.45, 2.75) is 37.8 Å². The van der Waals surface area contributed by atoms with Gasteiger partial charge in [-0.3, -0.25) is 9.69 Å². The fourth-order valence-corrected chi connectivity index (χ4v) is 5.87. The number of aliphatic hydroxyl groups is 1. The Morgan fingerprint density at radius 1 is 1.15 bits per heavy atom. The van der Waals surface area contributed by atoms with Crippen molar-refractivity contribution in [1.82, 2.24) is 24.8 Å². The van der Waals surface area contributed by atoms with Crippen molar-refractivity contribution >= 4 is 23.4 Å². The van der Waals surface area contributed by atoms with Gasteiger partial charge >= 0.3 is 0 Å². The molecule has 3 fully saturated rings. The number of piperazine rings is 1. The number of nitrogens with zero attached hydrogens (tertiary/aromatic N) is 7. The third-order valence-electron chi connectivity index (χ3n) is 8.55. The maximum Gasteiger partial charge on any atom is 0.251 e. The van der Waals surface area contributed by atoms with E-state index in [1.165, 1.54) is 11.8 Å². The van der Waals surface area contributed by atoms with Crippen molar-refractivity contribution in [1.29, 1.82) is 5.26 Å². The first-order valence-corrected chi connectivity index (χ1v) is 15.4. The number of nitrogens with one attached hydrogen (secondary N) is 1. The first kappa shape index (κ1) is 31.4. The first-order valence-electron chi connectivity index (χ1n) is 15.4. The number of likely N-dealkylation sites (tertiary alicyclic amines) is 1. The topological polar surface area (TPSA) is 149 Å². The third-order valence-corrected chi connectivity index (χ3v) is 8.55. The van der Waals surface area contributed by atoms with Gasteiger partial charge in [0.05, 0.1) is 44.2 Å². The molecule has 0 aliphatic carbocycles. The number of carbonyl (C=O) groups is 1. The van der Waals surface area contributed by atoms with E-state index in [1.807, 2.05) is 12.1 Å². The van der Waals surface area contributed by atoms with Crippen molar-refractivity contribution in [3.63, 3.8) is 0 Å². The maximum absolute atomic E-state index is 14.9. The fraction of sp³-hybridized carbons (Fsp3) is 0.469. The monoisotopic (exact) mass is 632 g/mol. The number of amides is 1. The largest absolute Gasteiger partial charge is 0.486 e. The number of pyridine rings is 1. The van der Waals surface area contributed by atoms with Crippen LogP contribution in [-0.2, 0) is 9.53 Å². The van der Waals surface area contributed by atoms with Crippen molar-refractivity contribution in [3.05, 3.63) is 48.2 Å². The normalized spacial score (nSPS) is 21.2. The average molecular weight is 633 g/mol. The van der Waals surface area contributed by atoms with Crippen molar-refractivity contribution < 1.29 is 28.5 Å². The first-order chi connectivity index (χ1) is 22.3. The molecule has 2 N–H and O–H groups in total. The van der Waals surface area contributed by atoms with Crippen LogP contribution in [0.25, 0.3) is 11.3 Å². The molecule has 5 heterocycles. The Kier molecular flexibility index (Phi) is 9.43. The lowest BCUT2D eigenvalue weighted by Crippen LogP contribution is -2.56. The van der Waals surface area contributed by atoms with Gasteiger partial charge in [-0.2, -0.15) is 10.2 Å². The Bertz CT molecular complexity index is 1590. The van der Waals surface area contributed by atoms with E-state index in [1.54, 1.807) is 37.6 Å². The van der Waals surface area contributed by atoms with E-state index >= 15 is 0 Å². The molecular weight excluding hydrogens is 595 g/mol. The molecule has 1 aromatic carbocycles. The van der Waals surface area contributed by atoms with Gasteiger partial charge in [-0.25, -0.2) is 14.4 Å². The maximum atomic E-state index is 14.9. The summed E-state index contributed by atoms with van der Waals surface area (Å²) in [4.78, 5) is 31.7. The number of benzene rings is 1. The van der Waals surface area contributed by atoms with Crippen molar-refractivity contribution in [2.75, 3.05) is 69.8 Å². The number of carbonyl (C=O) groups excluding carboxylic acids is 1. The van der Waals surface area contributed by atoms with Crippen LogP contribution in [0.3, 0.4) is 0 Å². The fourth-order valence-electron chi connectivity index (χ4n) is 5.87. The molecule has 14 heteroatoms. The number of aromatic nitrogens is 3. The number of methoxy groups -OCH3 is 1. The molecule has 3 saturated heterocycles. The second-order valence-electron chi connectivity index (χ2n) is 11.6. The van der Waals surface area contributed by atoms with Gasteiger partial charge in [-0.1, -0.05) is 0 Å². The van der Waals surface area contributed by atoms with Crippen LogP contribution in [0.15, 0.2) is 42.6 Å². The van der Waals surface area contributed by atoms with Crippen molar-refractivity contribution in [2.24, 2.45) is 0 Å². The Labute approximate surface area is 266 Å². The number of ether oxygens (including phenoxy) is 3. The zero-order valence-corrected chi connectivity index (χ0v) is 25.8. The summed E-state index contributed by atoms with van der Waals surface area (Å²) in [7, 11) is 1.60. The highest BCUT2D eigenvalue weighted by Gasteiger charge is 2.34. The van der Waals surface area contributed by atoms with Gasteiger partial charge in [0.1, 0.15) is 35.5 Å². The van der Waals surface area contributed by atoms with Crippen LogP contribution in [0.2, 0.25) is 0 Å². The van der Waals surface area contributed by atoms with Gasteiger partial charge in [-0.15, -0.1) is 0 Å². The number of hydrogen-bond donors (Lipinski definition) is 2. The lowest BCUT2D eigenvalue weighted by Gasteiger charge is -2.43. The molecule has 0 unspecified atom stereocenters. The van der Waals surface area contributed by atoms with E-state index in [2.05, 4.69) is 36.1 Å². The summed E-state index contributed by atoms with van der Waals surface area (Å²) in [6.45, 7) is 6.72. The van der Waals surface area contributed by atoms with Crippen molar-refractivity contribution in [3.8, 4) is 29.0 Å². The summed E-state index contributed by atoms with van der Waals surface area (Å²) in [6, 6.07) is 13.2. The number of halogens is 1.